The maximum absolute atomic E-state index is 11.6. The number of carbonyl (C=O) groups is 1. The molecule has 0 aliphatic rings. The van der Waals surface area contributed by atoms with Crippen molar-refractivity contribution in [3.05, 3.63) is 59.7 Å². The Hall–Kier alpha value is -2.49. The van der Waals surface area contributed by atoms with Crippen molar-refractivity contribution < 1.29 is 9.53 Å². The highest BCUT2D eigenvalue weighted by molar-refractivity contribution is 6.00. The molecule has 4 nitrogen and oxygen atoms in total. The predicted octanol–water partition coefficient (Wildman–Crippen LogP) is 2.66. The van der Waals surface area contributed by atoms with Gasteiger partial charge in [0.2, 0.25) is 0 Å². The second-order valence-corrected chi connectivity index (χ2v) is 4.57. The van der Waals surface area contributed by atoms with E-state index < -0.39 is 5.91 Å². The van der Waals surface area contributed by atoms with Gasteiger partial charge in [-0.1, -0.05) is 36.4 Å². The molecule has 2 N–H and O–H groups in total. The first kappa shape index (κ1) is 14.9. The Morgan fingerprint density at radius 3 is 2.57 bits per heavy atom. The molecule has 0 aliphatic carbocycles. The number of nitrogens with zero attached hydrogens (tertiary/aromatic N) is 1. The van der Waals surface area contributed by atoms with Gasteiger partial charge in [0.15, 0.2) is 0 Å². The zero-order valence-corrected chi connectivity index (χ0v) is 12.1. The Kier molecular flexibility index (Phi) is 5.21. The van der Waals surface area contributed by atoms with Crippen LogP contribution in [-0.4, -0.2) is 19.1 Å². The first-order chi connectivity index (χ1) is 10.2. The number of rotatable bonds is 7. The summed E-state index contributed by atoms with van der Waals surface area (Å²) in [6.45, 7) is 2.99. The lowest BCUT2D eigenvalue weighted by Crippen LogP contribution is -2.16. The van der Waals surface area contributed by atoms with Crippen LogP contribution in [0.4, 0.5) is 5.69 Å². The van der Waals surface area contributed by atoms with Gasteiger partial charge in [0.25, 0.3) is 5.91 Å². The molecule has 0 fully saturated rings. The van der Waals surface area contributed by atoms with Crippen molar-refractivity contribution in [3.8, 4) is 5.75 Å². The number of benzene rings is 2. The molecule has 0 aromatic heterocycles. The number of primary amides is 1. The van der Waals surface area contributed by atoms with Crippen LogP contribution < -0.4 is 15.8 Å². The number of carbonyl (C=O) groups excluding carboxylic acids is 1. The minimum Gasteiger partial charge on any atom is -0.492 e. The highest BCUT2D eigenvalue weighted by atomic mass is 16.5. The summed E-state index contributed by atoms with van der Waals surface area (Å²) in [5.41, 5.74) is 7.58. The topological polar surface area (TPSA) is 66.4 Å². The number of nitrogens with two attached hydrogens (primary N) is 1. The van der Waals surface area contributed by atoms with Gasteiger partial charge in [-0.2, -0.15) is 0 Å². The predicted molar refractivity (Wildman–Crippen MR) is 82.9 cm³/mol. The van der Waals surface area contributed by atoms with Gasteiger partial charge < -0.3 is 10.5 Å². The van der Waals surface area contributed by atoms with E-state index in [9.17, 15) is 4.79 Å². The van der Waals surface area contributed by atoms with E-state index in [2.05, 4.69) is 5.32 Å². The molecule has 0 saturated heterocycles. The molecule has 0 spiro atoms. The van der Waals surface area contributed by atoms with Gasteiger partial charge in [0.05, 0.1) is 12.3 Å². The lowest BCUT2D eigenvalue weighted by Gasteiger charge is -2.13. The average Bonchev–Trinajstić information content (AvgIpc) is 2.48. The molecule has 0 heterocycles. The molecule has 109 valence electrons. The van der Waals surface area contributed by atoms with Crippen molar-refractivity contribution in [2.45, 2.75) is 13.3 Å². The van der Waals surface area contributed by atoms with E-state index in [1.165, 1.54) is 5.56 Å². The van der Waals surface area contributed by atoms with E-state index in [0.717, 1.165) is 6.42 Å². The Labute approximate surface area is 124 Å². The van der Waals surface area contributed by atoms with E-state index in [0.29, 0.717) is 30.2 Å². The summed E-state index contributed by atoms with van der Waals surface area (Å²) >= 11 is 0. The standard InChI is InChI=1S/C17H19N2O2/c1-2-19-14-9-6-10-15(16(14)17(18)20)21-12-11-13-7-4-3-5-8-13/h3-10H,2,11-12H2,1H3,(H2,18,20). The highest BCUT2D eigenvalue weighted by Gasteiger charge is 2.15. The molecule has 2 aromatic carbocycles. The second kappa shape index (κ2) is 7.33. The number of hydrogen-bond acceptors (Lipinski definition) is 2. The fourth-order valence-corrected chi connectivity index (χ4v) is 2.11. The third-order valence-electron chi connectivity index (χ3n) is 3.07. The van der Waals surface area contributed by atoms with Crippen LogP contribution in [0.2, 0.25) is 0 Å². The summed E-state index contributed by atoms with van der Waals surface area (Å²) in [5.74, 6) is -0.0226. The number of hydrogen-bond donors (Lipinski definition) is 1. The summed E-state index contributed by atoms with van der Waals surface area (Å²) < 4.78 is 5.73. The molecule has 1 amide bonds. The molecule has 0 aliphatic heterocycles. The summed E-state index contributed by atoms with van der Waals surface area (Å²) in [7, 11) is 0. The molecule has 2 rings (SSSR count). The van der Waals surface area contributed by atoms with Crippen LogP contribution >= 0.6 is 0 Å². The van der Waals surface area contributed by atoms with E-state index in [1.807, 2.05) is 43.3 Å². The third kappa shape index (κ3) is 3.99. The zero-order chi connectivity index (χ0) is 15.1. The SMILES string of the molecule is CC[N]c1cccc(OCCc2ccccc2)c1C(N)=O. The Bertz CT molecular complexity index is 597. The minimum atomic E-state index is -0.516. The quantitative estimate of drug-likeness (QED) is 0.849. The van der Waals surface area contributed by atoms with E-state index in [1.54, 1.807) is 12.1 Å². The summed E-state index contributed by atoms with van der Waals surface area (Å²) in [6, 6.07) is 15.4. The first-order valence-electron chi connectivity index (χ1n) is 6.99. The minimum absolute atomic E-state index is 0.354. The van der Waals surface area contributed by atoms with Crippen molar-refractivity contribution in [3.63, 3.8) is 0 Å². The second-order valence-electron chi connectivity index (χ2n) is 4.57. The molecule has 2 aromatic rings. The van der Waals surface area contributed by atoms with Crippen molar-refractivity contribution in [1.82, 2.24) is 5.32 Å². The van der Waals surface area contributed by atoms with Gasteiger partial charge >= 0.3 is 0 Å². The van der Waals surface area contributed by atoms with Crippen LogP contribution in [0.3, 0.4) is 0 Å². The first-order valence-corrected chi connectivity index (χ1v) is 6.99. The molecule has 0 bridgehead atoms. The molecule has 4 heteroatoms. The molecular formula is C17H19N2O2. The number of amides is 1. The van der Waals surface area contributed by atoms with E-state index >= 15 is 0 Å². The van der Waals surface area contributed by atoms with E-state index in [-0.39, 0.29) is 0 Å². The summed E-state index contributed by atoms with van der Waals surface area (Å²) in [6.07, 6.45) is 0.772. The maximum atomic E-state index is 11.6. The molecule has 21 heavy (non-hydrogen) atoms. The molecule has 1 radical (unpaired) electrons. The largest absolute Gasteiger partial charge is 0.492 e. The van der Waals surface area contributed by atoms with Crippen LogP contribution in [0.5, 0.6) is 5.75 Å². The van der Waals surface area contributed by atoms with Gasteiger partial charge in [0, 0.05) is 13.0 Å². The Balaban J connectivity index is 2.08. The molecule has 0 unspecified atom stereocenters. The van der Waals surface area contributed by atoms with Crippen LogP contribution in [0, 0.1) is 0 Å². The van der Waals surface area contributed by atoms with Gasteiger partial charge in [-0.25, -0.2) is 0 Å². The third-order valence-corrected chi connectivity index (χ3v) is 3.07. The molecule has 0 atom stereocenters. The van der Waals surface area contributed by atoms with Gasteiger partial charge in [-0.3, -0.25) is 10.1 Å². The van der Waals surface area contributed by atoms with Crippen LogP contribution in [0.15, 0.2) is 48.5 Å². The van der Waals surface area contributed by atoms with E-state index in [4.69, 9.17) is 10.5 Å². The maximum Gasteiger partial charge on any atom is 0.254 e. The van der Waals surface area contributed by atoms with Gasteiger partial charge in [-0.05, 0) is 24.6 Å². The molecule has 0 saturated carbocycles. The number of ether oxygens (including phenoxy) is 1. The Morgan fingerprint density at radius 2 is 1.90 bits per heavy atom. The monoisotopic (exact) mass is 283 g/mol. The van der Waals surface area contributed by atoms with Gasteiger partial charge in [0.1, 0.15) is 11.3 Å². The highest BCUT2D eigenvalue weighted by Crippen LogP contribution is 2.26. The lowest BCUT2D eigenvalue weighted by atomic mass is 10.1. The fraction of sp³-hybridized carbons (Fsp3) is 0.235. The molecular weight excluding hydrogens is 264 g/mol. The van der Waals surface area contributed by atoms with Crippen LogP contribution in [-0.2, 0) is 6.42 Å². The summed E-state index contributed by atoms with van der Waals surface area (Å²) in [5, 5.41) is 4.27. The van der Waals surface area contributed by atoms with Crippen molar-refractivity contribution in [1.29, 1.82) is 0 Å². The average molecular weight is 283 g/mol. The van der Waals surface area contributed by atoms with Crippen molar-refractivity contribution >= 4 is 11.6 Å². The van der Waals surface area contributed by atoms with Gasteiger partial charge in [-0.15, -0.1) is 0 Å². The lowest BCUT2D eigenvalue weighted by molar-refractivity contribution is 0.0997. The van der Waals surface area contributed by atoms with Crippen LogP contribution in [0.25, 0.3) is 0 Å². The smallest absolute Gasteiger partial charge is 0.254 e. The van der Waals surface area contributed by atoms with Crippen molar-refractivity contribution in [2.24, 2.45) is 5.73 Å². The normalized spacial score (nSPS) is 10.1. The van der Waals surface area contributed by atoms with Crippen LogP contribution in [0.1, 0.15) is 22.8 Å². The summed E-state index contributed by atoms with van der Waals surface area (Å²) in [4.78, 5) is 11.6. The fourth-order valence-electron chi connectivity index (χ4n) is 2.11. The zero-order valence-electron chi connectivity index (χ0n) is 12.1. The van der Waals surface area contributed by atoms with Crippen molar-refractivity contribution in [2.75, 3.05) is 13.2 Å². The Morgan fingerprint density at radius 1 is 1.14 bits per heavy atom.